The normalized spacial score (nSPS) is 14.8. The van der Waals surface area contributed by atoms with Gasteiger partial charge in [0.2, 0.25) is 19.3 Å². The summed E-state index contributed by atoms with van der Waals surface area (Å²) >= 11 is 6.83. The molecule has 0 saturated heterocycles. The van der Waals surface area contributed by atoms with Gasteiger partial charge in [-0.3, -0.25) is 0 Å². The molecule has 4 aromatic carbocycles. The molecule has 0 unspecified atom stereocenters. The molecule has 0 bridgehead atoms. The average molecular weight is 933 g/mol. The van der Waals surface area contributed by atoms with E-state index in [1.807, 2.05) is 24.3 Å². The van der Waals surface area contributed by atoms with E-state index >= 15 is 0 Å². The molecule has 0 amide bonds. The Morgan fingerprint density at radius 3 is 1.87 bits per heavy atom. The molecule has 14 heteroatoms. The fourth-order valence-corrected chi connectivity index (χ4v) is 9.55. The van der Waals surface area contributed by atoms with Crippen molar-refractivity contribution in [2.75, 3.05) is 48.6 Å². The van der Waals surface area contributed by atoms with Gasteiger partial charge in [-0.25, -0.2) is 0 Å². The van der Waals surface area contributed by atoms with Gasteiger partial charge in [-0.15, -0.1) is 0 Å². The van der Waals surface area contributed by atoms with Crippen molar-refractivity contribution < 1.29 is 71.9 Å². The number of ether oxygens (including phenoxy) is 8. The van der Waals surface area contributed by atoms with Crippen LogP contribution in [0.2, 0.25) is 5.15 Å². The van der Waals surface area contributed by atoms with Crippen molar-refractivity contribution in [2.24, 2.45) is 0 Å². The van der Waals surface area contributed by atoms with Gasteiger partial charge < -0.3 is 79.1 Å². The summed E-state index contributed by atoms with van der Waals surface area (Å²) in [6.45, 7) is 11.9. The molecule has 0 fully saturated rings. The monoisotopic (exact) mass is 930 g/mol. The fraction of sp³-hybridized carbons (Fsp3) is 0.348. The van der Waals surface area contributed by atoms with Crippen molar-refractivity contribution in [1.29, 1.82) is 0 Å². The number of aryl methyl sites for hydroxylation is 1. The molecule has 0 atom stereocenters. The standard InChI is InChI=1S/C24H27NO4.C20H17ClNO4.C2H5.BrH.ClH.Mg/c1-5-24(6-2)22-16(7-8-19(26-3)23(22)27-4)11-18-17-13-21-20(28-14-29-21)12-15(17)9-10-25(18)24;1-23-15-4-3-12-7-14-13-9-17-16(25-10-26-17)8-11(13)5-6-22(14)20(21)18(12)19(15)24-2;1-2;;;/h7-8,11-13H,5-6,9-10,14H2,1-4H3;3-4,7-9H,5-6,10H2,1-2H3;1H2,2H3;2*1H;/q;+1;-1;;;+2/p-2. The third kappa shape index (κ3) is 7.54. The molecule has 5 aliphatic heterocycles. The fourth-order valence-electron chi connectivity index (χ4n) is 9.18. The van der Waals surface area contributed by atoms with Crippen molar-refractivity contribution in [3.8, 4) is 57.3 Å². The van der Waals surface area contributed by atoms with E-state index in [0.29, 0.717) is 23.4 Å². The predicted molar refractivity (Wildman–Crippen MR) is 227 cm³/mol. The van der Waals surface area contributed by atoms with E-state index in [4.69, 9.17) is 49.5 Å². The largest absolute Gasteiger partial charge is 2.00 e. The van der Waals surface area contributed by atoms with Gasteiger partial charge in [0.05, 0.1) is 39.5 Å². The maximum Gasteiger partial charge on any atom is 2.00 e. The van der Waals surface area contributed by atoms with Crippen LogP contribution in [0, 0.1) is 6.92 Å². The number of aromatic nitrogens is 1. The zero-order valence-electron chi connectivity index (χ0n) is 35.1. The summed E-state index contributed by atoms with van der Waals surface area (Å²) in [4.78, 5) is 2.57. The Hall–Kier alpha value is -3.94. The van der Waals surface area contributed by atoms with Crippen LogP contribution in [-0.4, -0.2) is 76.5 Å². The number of hydrogen-bond acceptors (Lipinski definition) is 9. The second kappa shape index (κ2) is 19.4. The first kappa shape index (κ1) is 47.1. The Morgan fingerprint density at radius 1 is 0.733 bits per heavy atom. The SMILES string of the molecule is CCC1(CC)c2c(ccc(OC)c2OC)C=C2c3cc4c(cc3CCN21)OCO4.COc1ccc2cc3[n+](c(Cl)c2c1OC)CCc1cc2c(cc1-3)OCO2.[Br-].[CH2-]C.[Cl-].[Mg+2]. The molecule has 5 aromatic rings. The maximum atomic E-state index is 6.83. The molecule has 0 spiro atoms. The van der Waals surface area contributed by atoms with E-state index in [9.17, 15) is 0 Å². The molecular weight excluding hydrogens is 884 g/mol. The Balaban J connectivity index is 0.000000210. The van der Waals surface area contributed by atoms with E-state index < -0.39 is 0 Å². The zero-order valence-corrected chi connectivity index (χ0v) is 39.7. The number of hydrogen-bond donors (Lipinski definition) is 0. The van der Waals surface area contributed by atoms with Gasteiger partial charge in [0.15, 0.2) is 52.5 Å². The first-order valence-corrected chi connectivity index (χ1v) is 19.8. The Labute approximate surface area is 390 Å². The smallest absolute Gasteiger partial charge is 1.00 e. The number of rotatable bonds is 6. The molecule has 10 rings (SSSR count). The van der Waals surface area contributed by atoms with E-state index in [2.05, 4.69) is 66.6 Å². The number of methoxy groups -OCH3 is 4. The van der Waals surface area contributed by atoms with Crippen LogP contribution < -0.4 is 71.9 Å². The van der Waals surface area contributed by atoms with Crippen molar-refractivity contribution >= 4 is 57.2 Å². The van der Waals surface area contributed by atoms with Gasteiger partial charge in [0, 0.05) is 35.9 Å². The second-order valence-electron chi connectivity index (χ2n) is 14.1. The van der Waals surface area contributed by atoms with E-state index in [1.165, 1.54) is 33.5 Å². The van der Waals surface area contributed by atoms with Gasteiger partial charge in [-0.2, -0.15) is 11.5 Å². The molecule has 314 valence electrons. The summed E-state index contributed by atoms with van der Waals surface area (Å²) in [5.41, 5.74) is 9.54. The van der Waals surface area contributed by atoms with Crippen molar-refractivity contribution in [3.05, 3.63) is 94.5 Å². The van der Waals surface area contributed by atoms with Gasteiger partial charge >= 0.3 is 23.1 Å². The van der Waals surface area contributed by atoms with Crippen molar-refractivity contribution in [2.45, 2.75) is 58.5 Å². The van der Waals surface area contributed by atoms with E-state index in [0.717, 1.165) is 95.3 Å². The molecular formula is C46H49BrCl2MgN2O8. The summed E-state index contributed by atoms with van der Waals surface area (Å²) in [7, 11) is 6.70. The average Bonchev–Trinajstić information content (AvgIpc) is 3.93. The molecule has 60 heavy (non-hydrogen) atoms. The van der Waals surface area contributed by atoms with Crippen LogP contribution in [0.3, 0.4) is 0 Å². The van der Waals surface area contributed by atoms with Crippen molar-refractivity contribution in [1.82, 2.24) is 4.90 Å². The zero-order chi connectivity index (χ0) is 40.0. The molecule has 0 aliphatic carbocycles. The molecule has 0 saturated carbocycles. The number of pyridine rings is 1. The molecule has 0 N–H and O–H groups in total. The van der Waals surface area contributed by atoms with E-state index in [1.54, 1.807) is 35.4 Å². The number of fused-ring (bicyclic) bond motifs is 10. The van der Waals surface area contributed by atoms with Crippen LogP contribution in [0.25, 0.3) is 33.8 Å². The molecule has 6 heterocycles. The van der Waals surface area contributed by atoms with Gasteiger partial charge in [-0.05, 0) is 101 Å². The van der Waals surface area contributed by atoms with Crippen LogP contribution in [0.1, 0.15) is 61.4 Å². The molecule has 0 radical (unpaired) electrons. The minimum Gasteiger partial charge on any atom is -1.00 e. The van der Waals surface area contributed by atoms with Crippen LogP contribution in [-0.2, 0) is 24.9 Å². The summed E-state index contributed by atoms with van der Waals surface area (Å²) in [6, 6.07) is 18.6. The van der Waals surface area contributed by atoms with Crippen molar-refractivity contribution in [3.63, 3.8) is 0 Å². The quantitative estimate of drug-likeness (QED) is 0.111. The Bertz CT molecular complexity index is 2430. The van der Waals surface area contributed by atoms with Gasteiger partial charge in [-0.1, -0.05) is 19.9 Å². The van der Waals surface area contributed by atoms with Gasteiger partial charge in [0.1, 0.15) is 5.39 Å². The molecule has 10 nitrogen and oxygen atoms in total. The van der Waals surface area contributed by atoms with Crippen LogP contribution in [0.5, 0.6) is 46.0 Å². The summed E-state index contributed by atoms with van der Waals surface area (Å²) in [5, 5.41) is 2.52. The van der Waals surface area contributed by atoms with Crippen LogP contribution in [0.15, 0.2) is 54.6 Å². The first-order valence-electron chi connectivity index (χ1n) is 19.5. The first-order chi connectivity index (χ1) is 27.9. The Morgan fingerprint density at radius 2 is 1.28 bits per heavy atom. The number of benzene rings is 4. The minimum atomic E-state index is -0.145. The topological polar surface area (TPSA) is 81.0 Å². The third-order valence-corrected chi connectivity index (χ3v) is 12.3. The summed E-state index contributed by atoms with van der Waals surface area (Å²) < 4.78 is 47.0. The molecule has 1 aromatic heterocycles. The summed E-state index contributed by atoms with van der Waals surface area (Å²) in [5.74, 6) is 6.25. The Kier molecular flexibility index (Phi) is 15.2. The van der Waals surface area contributed by atoms with Crippen LogP contribution in [0.4, 0.5) is 0 Å². The minimum absolute atomic E-state index is 0. The van der Waals surface area contributed by atoms with E-state index in [-0.39, 0.29) is 64.8 Å². The summed E-state index contributed by atoms with van der Waals surface area (Å²) in [6.07, 6.45) is 6.11. The maximum absolute atomic E-state index is 6.83. The number of nitrogens with zero attached hydrogens (tertiary/aromatic N) is 2. The predicted octanol–water partition coefficient (Wildman–Crippen LogP) is 3.03. The van der Waals surface area contributed by atoms with Gasteiger partial charge in [0.25, 0.3) is 5.15 Å². The second-order valence-corrected chi connectivity index (χ2v) is 14.5. The third-order valence-electron chi connectivity index (χ3n) is 11.9. The van der Waals surface area contributed by atoms with Crippen LogP contribution >= 0.6 is 11.6 Å². The molecule has 5 aliphatic rings. The number of halogens is 3.